The van der Waals surface area contributed by atoms with Gasteiger partial charge < -0.3 is 20.4 Å². The highest BCUT2D eigenvalue weighted by Crippen LogP contribution is 2.32. The van der Waals surface area contributed by atoms with Gasteiger partial charge in [0.15, 0.2) is 5.13 Å². The number of hydrogen-bond acceptors (Lipinski definition) is 7. The third kappa shape index (κ3) is 5.09. The Morgan fingerprint density at radius 2 is 1.92 bits per heavy atom. The minimum Gasteiger partial charge on any atom is -0.464 e. The van der Waals surface area contributed by atoms with E-state index in [1.54, 1.807) is 35.4 Å². The van der Waals surface area contributed by atoms with Crippen LogP contribution in [0.25, 0.3) is 22.2 Å². The van der Waals surface area contributed by atoms with E-state index in [4.69, 9.17) is 10.2 Å². The molecule has 2 heterocycles. The highest BCUT2D eigenvalue weighted by atomic mass is 32.1. The summed E-state index contributed by atoms with van der Waals surface area (Å²) in [5.74, 6) is -0.614. The fourth-order valence-electron chi connectivity index (χ4n) is 4.60. The zero-order valence-corrected chi connectivity index (χ0v) is 20.3. The van der Waals surface area contributed by atoms with Crippen LogP contribution in [0.3, 0.4) is 0 Å². The quantitative estimate of drug-likeness (QED) is 0.364. The number of hydrogen-bond donors (Lipinski definition) is 2. The summed E-state index contributed by atoms with van der Waals surface area (Å²) < 4.78 is 5.43. The SMILES string of the molecule is N#CC1CCC(C(=O)N(CC(=O)Nc2ccc(-c3csc(N)n3)cc2)c2ccc3occc3c2)CC1. The lowest BCUT2D eigenvalue weighted by Crippen LogP contribution is -2.42. The molecule has 2 amide bonds. The summed E-state index contributed by atoms with van der Waals surface area (Å²) >= 11 is 1.37. The van der Waals surface area contributed by atoms with Gasteiger partial charge in [0.25, 0.3) is 0 Å². The molecule has 0 atom stereocenters. The van der Waals surface area contributed by atoms with Gasteiger partial charge in [-0.15, -0.1) is 11.3 Å². The summed E-state index contributed by atoms with van der Waals surface area (Å²) in [6.45, 7) is -0.120. The number of carbonyl (C=O) groups excluding carboxylic acids is 2. The predicted octanol–water partition coefficient (Wildman–Crippen LogP) is 5.44. The number of nitrogen functional groups attached to an aromatic ring is 1. The highest BCUT2D eigenvalue weighted by Gasteiger charge is 2.31. The molecule has 9 heteroatoms. The van der Waals surface area contributed by atoms with Gasteiger partial charge in [-0.2, -0.15) is 5.26 Å². The minimum atomic E-state index is -0.299. The van der Waals surface area contributed by atoms with Crippen molar-refractivity contribution in [3.8, 4) is 17.3 Å². The normalized spacial score (nSPS) is 17.4. The van der Waals surface area contributed by atoms with Crippen molar-refractivity contribution in [2.45, 2.75) is 25.7 Å². The van der Waals surface area contributed by atoms with E-state index in [0.29, 0.717) is 47.8 Å². The number of aromatic nitrogens is 1. The number of amides is 2. The third-order valence-electron chi connectivity index (χ3n) is 6.56. The molecule has 1 aliphatic carbocycles. The first-order chi connectivity index (χ1) is 17.5. The molecule has 8 nitrogen and oxygen atoms in total. The molecule has 0 saturated heterocycles. The molecule has 0 spiro atoms. The summed E-state index contributed by atoms with van der Waals surface area (Å²) in [7, 11) is 0. The van der Waals surface area contributed by atoms with Crippen molar-refractivity contribution in [2.24, 2.45) is 11.8 Å². The van der Waals surface area contributed by atoms with Crippen molar-refractivity contribution < 1.29 is 14.0 Å². The fraction of sp³-hybridized carbons (Fsp3) is 0.259. The van der Waals surface area contributed by atoms with E-state index < -0.39 is 0 Å². The van der Waals surface area contributed by atoms with Crippen molar-refractivity contribution in [1.82, 2.24) is 4.98 Å². The summed E-state index contributed by atoms with van der Waals surface area (Å²) in [5, 5.41) is 15.3. The van der Waals surface area contributed by atoms with Crippen molar-refractivity contribution in [3.63, 3.8) is 0 Å². The second-order valence-electron chi connectivity index (χ2n) is 8.94. The van der Waals surface area contributed by atoms with Gasteiger partial charge in [0.2, 0.25) is 11.8 Å². The smallest absolute Gasteiger partial charge is 0.244 e. The summed E-state index contributed by atoms with van der Waals surface area (Å²) in [5.41, 5.74) is 9.39. The summed E-state index contributed by atoms with van der Waals surface area (Å²) in [6, 6.07) is 16.9. The van der Waals surface area contributed by atoms with Gasteiger partial charge in [0.1, 0.15) is 12.1 Å². The van der Waals surface area contributed by atoms with E-state index in [2.05, 4.69) is 16.4 Å². The Balaban J connectivity index is 1.33. The standard InChI is InChI=1S/C27H25N5O3S/c28-14-17-1-3-19(4-2-17)26(34)32(22-9-10-24-20(13-22)11-12-35-24)15-25(33)30-21-7-5-18(6-8-21)23-16-36-27(29)31-23/h5-13,16-17,19H,1-4,15H2,(H2,29,31)(H,30,33). The molecule has 0 radical (unpaired) electrons. The number of anilines is 3. The van der Waals surface area contributed by atoms with Crippen LogP contribution in [-0.4, -0.2) is 23.3 Å². The van der Waals surface area contributed by atoms with Crippen LogP contribution in [0.15, 0.2) is 64.6 Å². The molecule has 2 aromatic carbocycles. The lowest BCUT2D eigenvalue weighted by atomic mass is 9.82. The van der Waals surface area contributed by atoms with E-state index in [9.17, 15) is 14.9 Å². The van der Waals surface area contributed by atoms with Gasteiger partial charge in [0, 0.05) is 39.5 Å². The van der Waals surface area contributed by atoms with Crippen molar-refractivity contribution >= 4 is 50.6 Å². The number of thiazole rings is 1. The first-order valence-electron chi connectivity index (χ1n) is 11.8. The van der Waals surface area contributed by atoms with Gasteiger partial charge in [-0.3, -0.25) is 9.59 Å². The second-order valence-corrected chi connectivity index (χ2v) is 9.83. The molecule has 182 valence electrons. The Hall–Kier alpha value is -4.16. The Labute approximate surface area is 212 Å². The maximum atomic E-state index is 13.6. The highest BCUT2D eigenvalue weighted by molar-refractivity contribution is 7.13. The average molecular weight is 500 g/mol. The van der Waals surface area contributed by atoms with Crippen molar-refractivity contribution in [1.29, 1.82) is 5.26 Å². The lowest BCUT2D eigenvalue weighted by molar-refractivity contribution is -0.125. The van der Waals surface area contributed by atoms with Crippen molar-refractivity contribution in [2.75, 3.05) is 22.5 Å². The Morgan fingerprint density at radius 3 is 2.61 bits per heavy atom. The number of furan rings is 1. The van der Waals surface area contributed by atoms with Crippen LogP contribution >= 0.6 is 11.3 Å². The van der Waals surface area contributed by atoms with E-state index in [1.807, 2.05) is 29.6 Å². The third-order valence-corrected chi connectivity index (χ3v) is 7.23. The first kappa shape index (κ1) is 23.6. The molecule has 1 fully saturated rings. The Morgan fingerprint density at radius 1 is 1.14 bits per heavy atom. The number of benzene rings is 2. The van der Waals surface area contributed by atoms with E-state index in [1.165, 1.54) is 11.3 Å². The molecule has 0 bridgehead atoms. The van der Waals surface area contributed by atoms with Gasteiger partial charge >= 0.3 is 0 Å². The number of carbonyl (C=O) groups is 2. The number of nitrogens with zero attached hydrogens (tertiary/aromatic N) is 3. The topological polar surface area (TPSA) is 125 Å². The number of rotatable bonds is 6. The Bertz CT molecular complexity index is 1430. The predicted molar refractivity (Wildman–Crippen MR) is 140 cm³/mol. The van der Waals surface area contributed by atoms with Gasteiger partial charge in [-0.1, -0.05) is 12.1 Å². The largest absolute Gasteiger partial charge is 0.464 e. The van der Waals surface area contributed by atoms with Gasteiger partial charge in [0.05, 0.1) is 18.0 Å². The van der Waals surface area contributed by atoms with E-state index in [0.717, 1.165) is 16.6 Å². The van der Waals surface area contributed by atoms with Crippen LogP contribution in [0.4, 0.5) is 16.5 Å². The molecule has 4 aromatic rings. The zero-order chi connectivity index (χ0) is 25.1. The van der Waals surface area contributed by atoms with Crippen LogP contribution in [0.1, 0.15) is 25.7 Å². The molecule has 3 N–H and O–H groups in total. The average Bonchev–Trinajstić information content (AvgIpc) is 3.56. The number of nitrogens with two attached hydrogens (primary N) is 1. The van der Waals surface area contributed by atoms with Gasteiger partial charge in [-0.25, -0.2) is 4.98 Å². The monoisotopic (exact) mass is 499 g/mol. The fourth-order valence-corrected chi connectivity index (χ4v) is 5.17. The Kier molecular flexibility index (Phi) is 6.69. The summed E-state index contributed by atoms with van der Waals surface area (Å²) in [6.07, 6.45) is 4.28. The lowest BCUT2D eigenvalue weighted by Gasteiger charge is -2.30. The maximum Gasteiger partial charge on any atom is 0.244 e. The molecule has 0 unspecified atom stereocenters. The van der Waals surface area contributed by atoms with Crippen LogP contribution in [0, 0.1) is 23.2 Å². The summed E-state index contributed by atoms with van der Waals surface area (Å²) in [4.78, 5) is 32.5. The number of nitriles is 1. The number of fused-ring (bicyclic) bond motifs is 1. The van der Waals surface area contributed by atoms with Gasteiger partial charge in [-0.05, 0) is 62.1 Å². The maximum absolute atomic E-state index is 13.6. The van der Waals surface area contributed by atoms with Crippen LogP contribution in [0.5, 0.6) is 0 Å². The molecule has 5 rings (SSSR count). The van der Waals surface area contributed by atoms with Crippen LogP contribution < -0.4 is 16.0 Å². The minimum absolute atomic E-state index is 0.00299. The zero-order valence-electron chi connectivity index (χ0n) is 19.5. The molecule has 36 heavy (non-hydrogen) atoms. The molecule has 1 saturated carbocycles. The molecule has 2 aromatic heterocycles. The number of nitrogens with one attached hydrogen (secondary N) is 1. The van der Waals surface area contributed by atoms with E-state index >= 15 is 0 Å². The molecule has 0 aliphatic heterocycles. The first-order valence-corrected chi connectivity index (χ1v) is 12.7. The van der Waals surface area contributed by atoms with Crippen LogP contribution in [-0.2, 0) is 9.59 Å². The van der Waals surface area contributed by atoms with Crippen molar-refractivity contribution in [3.05, 3.63) is 60.2 Å². The van der Waals surface area contributed by atoms with E-state index in [-0.39, 0.29) is 30.2 Å². The molecular weight excluding hydrogens is 474 g/mol. The molecular formula is C27H25N5O3S. The van der Waals surface area contributed by atoms with Crippen LogP contribution in [0.2, 0.25) is 0 Å². The second kappa shape index (κ2) is 10.2. The molecule has 1 aliphatic rings.